The third-order valence-electron chi connectivity index (χ3n) is 5.51. The van der Waals surface area contributed by atoms with Crippen LogP contribution < -0.4 is 15.0 Å². The van der Waals surface area contributed by atoms with Gasteiger partial charge >= 0.3 is 0 Å². The SMILES string of the molecule is Cc1ccc(NC2=C(c3ccc(OC(C)C)cc3)C(=O)N(c3ccc(C)cc3C)C2=O)cc1. The van der Waals surface area contributed by atoms with E-state index in [9.17, 15) is 9.59 Å². The van der Waals surface area contributed by atoms with Gasteiger partial charge in [0.15, 0.2) is 0 Å². The molecular formula is C28H28N2O3. The van der Waals surface area contributed by atoms with Gasteiger partial charge < -0.3 is 10.1 Å². The number of ether oxygens (including phenoxy) is 1. The molecule has 0 spiro atoms. The van der Waals surface area contributed by atoms with E-state index in [1.807, 2.05) is 101 Å². The summed E-state index contributed by atoms with van der Waals surface area (Å²) in [7, 11) is 0. The lowest BCUT2D eigenvalue weighted by molar-refractivity contribution is -0.120. The van der Waals surface area contributed by atoms with E-state index in [-0.39, 0.29) is 23.6 Å². The molecule has 3 aromatic carbocycles. The van der Waals surface area contributed by atoms with Gasteiger partial charge in [0.2, 0.25) is 0 Å². The maximum Gasteiger partial charge on any atom is 0.282 e. The molecule has 2 amide bonds. The van der Waals surface area contributed by atoms with Gasteiger partial charge in [-0.1, -0.05) is 47.5 Å². The van der Waals surface area contributed by atoms with Crippen molar-refractivity contribution in [3.05, 3.63) is 94.7 Å². The number of rotatable bonds is 6. The van der Waals surface area contributed by atoms with Crippen LogP contribution >= 0.6 is 0 Å². The summed E-state index contributed by atoms with van der Waals surface area (Å²) in [4.78, 5) is 28.5. The van der Waals surface area contributed by atoms with Gasteiger partial charge in [0.1, 0.15) is 11.4 Å². The minimum absolute atomic E-state index is 0.0449. The van der Waals surface area contributed by atoms with Crippen molar-refractivity contribution in [2.45, 2.75) is 40.7 Å². The minimum atomic E-state index is -0.370. The molecule has 0 saturated carbocycles. The van der Waals surface area contributed by atoms with Gasteiger partial charge in [-0.05, 0) is 76.1 Å². The summed E-state index contributed by atoms with van der Waals surface area (Å²) in [5.74, 6) is -0.00507. The molecular weight excluding hydrogens is 412 g/mol. The van der Waals surface area contributed by atoms with Crippen LogP contribution in [0.5, 0.6) is 5.75 Å². The Hall–Kier alpha value is -3.86. The summed E-state index contributed by atoms with van der Waals surface area (Å²) in [6.07, 6.45) is 0.0449. The lowest BCUT2D eigenvalue weighted by atomic mass is 10.0. The molecule has 1 heterocycles. The molecule has 3 aromatic rings. The molecule has 5 nitrogen and oxygen atoms in total. The summed E-state index contributed by atoms with van der Waals surface area (Å²) in [6, 6.07) is 20.7. The number of nitrogens with zero attached hydrogens (tertiary/aromatic N) is 1. The molecule has 0 fully saturated rings. The second-order valence-electron chi connectivity index (χ2n) is 8.67. The molecule has 5 heteroatoms. The number of amides is 2. The van der Waals surface area contributed by atoms with Gasteiger partial charge in [-0.2, -0.15) is 0 Å². The second-order valence-corrected chi connectivity index (χ2v) is 8.67. The standard InChI is InChI=1S/C28H28N2O3/c1-17(2)33-23-13-9-21(10-14-23)25-26(29-22-11-6-18(3)7-12-22)28(32)30(27(25)31)24-15-8-19(4)16-20(24)5/h6-17,29H,1-5H3. The maximum absolute atomic E-state index is 13.6. The summed E-state index contributed by atoms with van der Waals surface area (Å²) < 4.78 is 5.74. The predicted molar refractivity (Wildman–Crippen MR) is 132 cm³/mol. The first-order valence-electron chi connectivity index (χ1n) is 11.1. The smallest absolute Gasteiger partial charge is 0.282 e. The summed E-state index contributed by atoms with van der Waals surface area (Å²) in [6.45, 7) is 9.81. The molecule has 0 radical (unpaired) electrons. The Morgan fingerprint density at radius 1 is 0.788 bits per heavy atom. The van der Waals surface area contributed by atoms with Crippen LogP contribution in [-0.2, 0) is 9.59 Å². The Morgan fingerprint density at radius 3 is 2.03 bits per heavy atom. The number of hydrogen-bond acceptors (Lipinski definition) is 4. The second kappa shape index (κ2) is 8.94. The van der Waals surface area contributed by atoms with Crippen molar-refractivity contribution < 1.29 is 14.3 Å². The number of nitrogens with one attached hydrogen (secondary N) is 1. The molecule has 168 valence electrons. The topological polar surface area (TPSA) is 58.6 Å². The fourth-order valence-electron chi connectivity index (χ4n) is 3.94. The molecule has 1 N–H and O–H groups in total. The Bertz CT molecular complexity index is 1240. The van der Waals surface area contributed by atoms with E-state index in [4.69, 9.17) is 4.74 Å². The first kappa shape index (κ1) is 22.3. The highest BCUT2D eigenvalue weighted by Crippen LogP contribution is 2.36. The zero-order valence-electron chi connectivity index (χ0n) is 19.6. The summed E-state index contributed by atoms with van der Waals surface area (Å²) >= 11 is 0. The van der Waals surface area contributed by atoms with Crippen LogP contribution in [0.1, 0.15) is 36.1 Å². The van der Waals surface area contributed by atoms with Crippen molar-refractivity contribution in [1.82, 2.24) is 0 Å². The average molecular weight is 441 g/mol. The first-order chi connectivity index (χ1) is 15.7. The van der Waals surface area contributed by atoms with E-state index < -0.39 is 0 Å². The van der Waals surface area contributed by atoms with Gasteiger partial charge in [0.05, 0.1) is 17.4 Å². The molecule has 4 rings (SSSR count). The highest BCUT2D eigenvalue weighted by atomic mass is 16.5. The normalized spacial score (nSPS) is 13.8. The molecule has 0 unspecified atom stereocenters. The van der Waals surface area contributed by atoms with Crippen molar-refractivity contribution in [2.24, 2.45) is 0 Å². The van der Waals surface area contributed by atoms with Crippen LogP contribution in [0.25, 0.3) is 5.57 Å². The number of carbonyl (C=O) groups excluding carboxylic acids is 2. The largest absolute Gasteiger partial charge is 0.491 e. The Kier molecular flexibility index (Phi) is 6.05. The summed E-state index contributed by atoms with van der Waals surface area (Å²) in [5, 5.41) is 3.21. The highest BCUT2D eigenvalue weighted by molar-refractivity contribution is 6.46. The molecule has 0 bridgehead atoms. The van der Waals surface area contributed by atoms with E-state index in [1.165, 1.54) is 4.90 Å². The van der Waals surface area contributed by atoms with E-state index >= 15 is 0 Å². The lowest BCUT2D eigenvalue weighted by Gasteiger charge is -2.18. The third kappa shape index (κ3) is 4.53. The number of anilines is 2. The highest BCUT2D eigenvalue weighted by Gasteiger charge is 2.40. The van der Waals surface area contributed by atoms with Gasteiger partial charge in [-0.25, -0.2) is 4.90 Å². The third-order valence-corrected chi connectivity index (χ3v) is 5.51. The van der Waals surface area contributed by atoms with Crippen LogP contribution in [0, 0.1) is 20.8 Å². The van der Waals surface area contributed by atoms with Crippen LogP contribution in [0.15, 0.2) is 72.4 Å². The quantitative estimate of drug-likeness (QED) is 0.493. The fraction of sp³-hybridized carbons (Fsp3) is 0.214. The Labute approximate surface area is 194 Å². The van der Waals surface area contributed by atoms with Crippen molar-refractivity contribution in [1.29, 1.82) is 0 Å². The number of hydrogen-bond donors (Lipinski definition) is 1. The minimum Gasteiger partial charge on any atom is -0.491 e. The van der Waals surface area contributed by atoms with Crippen LogP contribution in [0.4, 0.5) is 11.4 Å². The van der Waals surface area contributed by atoms with Crippen molar-refractivity contribution in [3.8, 4) is 5.75 Å². The first-order valence-corrected chi connectivity index (χ1v) is 11.1. The maximum atomic E-state index is 13.6. The van der Waals surface area contributed by atoms with Crippen molar-refractivity contribution >= 4 is 28.8 Å². The van der Waals surface area contributed by atoms with Crippen LogP contribution in [0.2, 0.25) is 0 Å². The van der Waals surface area contributed by atoms with Gasteiger partial charge in [0, 0.05) is 5.69 Å². The number of benzene rings is 3. The van der Waals surface area contributed by atoms with Gasteiger partial charge in [-0.3, -0.25) is 9.59 Å². The molecule has 0 aliphatic carbocycles. The predicted octanol–water partition coefficient (Wildman–Crippen LogP) is 5.80. The number of carbonyl (C=O) groups is 2. The van der Waals surface area contributed by atoms with Crippen LogP contribution in [0.3, 0.4) is 0 Å². The molecule has 33 heavy (non-hydrogen) atoms. The molecule has 1 aliphatic heterocycles. The molecule has 0 saturated heterocycles. The van der Waals surface area contributed by atoms with Crippen molar-refractivity contribution in [2.75, 3.05) is 10.2 Å². The monoisotopic (exact) mass is 440 g/mol. The molecule has 1 aliphatic rings. The summed E-state index contributed by atoms with van der Waals surface area (Å²) in [5.41, 5.74) is 5.66. The average Bonchev–Trinajstić information content (AvgIpc) is 3.00. The zero-order valence-corrected chi connectivity index (χ0v) is 19.6. The Balaban J connectivity index is 1.79. The number of aryl methyl sites for hydroxylation is 3. The van der Waals surface area contributed by atoms with E-state index in [2.05, 4.69) is 5.32 Å². The van der Waals surface area contributed by atoms with Crippen molar-refractivity contribution in [3.63, 3.8) is 0 Å². The van der Waals surface area contributed by atoms with E-state index in [0.29, 0.717) is 22.6 Å². The van der Waals surface area contributed by atoms with Gasteiger partial charge in [-0.15, -0.1) is 0 Å². The molecule has 0 atom stereocenters. The molecule has 0 aromatic heterocycles. The van der Waals surface area contributed by atoms with Crippen LogP contribution in [-0.4, -0.2) is 17.9 Å². The zero-order chi connectivity index (χ0) is 23.7. The lowest BCUT2D eigenvalue weighted by Crippen LogP contribution is -2.33. The Morgan fingerprint density at radius 2 is 1.42 bits per heavy atom. The number of imide groups is 1. The van der Waals surface area contributed by atoms with Gasteiger partial charge in [0.25, 0.3) is 11.8 Å². The van der Waals surface area contributed by atoms with E-state index in [1.54, 1.807) is 0 Å². The fourth-order valence-corrected chi connectivity index (χ4v) is 3.94. The van der Waals surface area contributed by atoms with E-state index in [0.717, 1.165) is 22.4 Å².